The number of aromatic nitrogens is 1. The normalized spacial score (nSPS) is 10.0. The Morgan fingerprint density at radius 3 is 2.68 bits per heavy atom. The van der Waals surface area contributed by atoms with Gasteiger partial charge in [-0.2, -0.15) is 0 Å². The van der Waals surface area contributed by atoms with E-state index in [1.54, 1.807) is 36.7 Å². The molecule has 6 heteroatoms. The number of nitrogens with zero attached hydrogens (tertiary/aromatic N) is 1. The first-order valence-corrected chi connectivity index (χ1v) is 6.77. The van der Waals surface area contributed by atoms with Crippen LogP contribution >= 0.6 is 0 Å². The van der Waals surface area contributed by atoms with E-state index in [4.69, 9.17) is 0 Å². The van der Waals surface area contributed by atoms with Gasteiger partial charge in [0.2, 0.25) is 5.91 Å². The Morgan fingerprint density at radius 2 is 1.95 bits per heavy atom. The highest BCUT2D eigenvalue weighted by molar-refractivity contribution is 5.95. The lowest BCUT2D eigenvalue weighted by atomic mass is 10.2. The maximum Gasteiger partial charge on any atom is 0.337 e. The van der Waals surface area contributed by atoms with E-state index in [-0.39, 0.29) is 12.5 Å². The number of anilines is 1. The van der Waals surface area contributed by atoms with Crippen molar-refractivity contribution in [3.05, 3.63) is 59.9 Å². The Morgan fingerprint density at radius 1 is 1.18 bits per heavy atom. The van der Waals surface area contributed by atoms with Gasteiger partial charge in [0, 0.05) is 24.6 Å². The quantitative estimate of drug-likeness (QED) is 0.792. The molecule has 6 nitrogen and oxygen atoms in total. The molecule has 0 atom stereocenters. The summed E-state index contributed by atoms with van der Waals surface area (Å²) in [6.07, 6.45) is 3.41. The fourth-order valence-corrected chi connectivity index (χ4v) is 1.87. The first-order chi connectivity index (χ1) is 10.7. The first kappa shape index (κ1) is 15.7. The molecule has 114 valence electrons. The van der Waals surface area contributed by atoms with Crippen LogP contribution in [0.2, 0.25) is 0 Å². The summed E-state index contributed by atoms with van der Waals surface area (Å²) >= 11 is 0. The molecule has 1 aromatic carbocycles. The van der Waals surface area contributed by atoms with Crippen LogP contribution in [0.4, 0.5) is 5.69 Å². The smallest absolute Gasteiger partial charge is 0.337 e. The highest BCUT2D eigenvalue weighted by atomic mass is 16.5. The number of rotatable bonds is 6. The van der Waals surface area contributed by atoms with Gasteiger partial charge in [-0.25, -0.2) is 4.79 Å². The minimum atomic E-state index is -0.438. The zero-order valence-electron chi connectivity index (χ0n) is 12.2. The average molecular weight is 299 g/mol. The molecule has 0 aliphatic rings. The second-order valence-electron chi connectivity index (χ2n) is 4.58. The van der Waals surface area contributed by atoms with Crippen molar-refractivity contribution in [2.24, 2.45) is 0 Å². The molecule has 0 saturated heterocycles. The predicted octanol–water partition coefficient (Wildman–Crippen LogP) is 1.60. The van der Waals surface area contributed by atoms with Gasteiger partial charge in [0.15, 0.2) is 0 Å². The van der Waals surface area contributed by atoms with Gasteiger partial charge >= 0.3 is 5.97 Å². The van der Waals surface area contributed by atoms with Crippen LogP contribution in [0, 0.1) is 0 Å². The van der Waals surface area contributed by atoms with E-state index >= 15 is 0 Å². The van der Waals surface area contributed by atoms with E-state index in [9.17, 15) is 9.59 Å². The number of hydrogen-bond donors (Lipinski definition) is 2. The third kappa shape index (κ3) is 4.68. The standard InChI is InChI=1S/C16H17N3O3/c1-22-16(21)13-3-2-4-14(9-13)19-15(20)11-18-10-12-5-7-17-8-6-12/h2-9,18H,10-11H2,1H3,(H,19,20). The predicted molar refractivity (Wildman–Crippen MR) is 82.4 cm³/mol. The van der Waals surface area contributed by atoms with Crippen molar-refractivity contribution < 1.29 is 14.3 Å². The average Bonchev–Trinajstić information content (AvgIpc) is 2.55. The molecule has 0 spiro atoms. The summed E-state index contributed by atoms with van der Waals surface area (Å²) < 4.78 is 4.64. The van der Waals surface area contributed by atoms with Crippen LogP contribution in [0.25, 0.3) is 0 Å². The highest BCUT2D eigenvalue weighted by Crippen LogP contribution is 2.11. The molecule has 0 aliphatic carbocycles. The molecule has 0 fully saturated rings. The van der Waals surface area contributed by atoms with Gasteiger partial charge in [0.1, 0.15) is 0 Å². The molecule has 0 bridgehead atoms. The molecule has 0 saturated carbocycles. The monoisotopic (exact) mass is 299 g/mol. The molecule has 0 radical (unpaired) electrons. The lowest BCUT2D eigenvalue weighted by Crippen LogP contribution is -2.27. The number of pyridine rings is 1. The van der Waals surface area contributed by atoms with Crippen molar-refractivity contribution in [2.45, 2.75) is 6.54 Å². The van der Waals surface area contributed by atoms with Crippen LogP contribution in [0.5, 0.6) is 0 Å². The number of carbonyl (C=O) groups excluding carboxylic acids is 2. The minimum Gasteiger partial charge on any atom is -0.465 e. The second-order valence-corrected chi connectivity index (χ2v) is 4.58. The lowest BCUT2D eigenvalue weighted by molar-refractivity contribution is -0.115. The maximum absolute atomic E-state index is 11.9. The first-order valence-electron chi connectivity index (χ1n) is 6.77. The highest BCUT2D eigenvalue weighted by Gasteiger charge is 2.07. The van der Waals surface area contributed by atoms with E-state index in [0.717, 1.165) is 5.56 Å². The molecule has 0 unspecified atom stereocenters. The molecule has 1 amide bonds. The van der Waals surface area contributed by atoms with Crippen LogP contribution in [0.3, 0.4) is 0 Å². The van der Waals surface area contributed by atoms with Crippen LogP contribution < -0.4 is 10.6 Å². The van der Waals surface area contributed by atoms with Crippen molar-refractivity contribution in [1.29, 1.82) is 0 Å². The van der Waals surface area contributed by atoms with Gasteiger partial charge in [0.05, 0.1) is 19.2 Å². The molecular weight excluding hydrogens is 282 g/mol. The maximum atomic E-state index is 11.9. The fraction of sp³-hybridized carbons (Fsp3) is 0.188. The van der Waals surface area contributed by atoms with E-state index in [1.807, 2.05) is 12.1 Å². The SMILES string of the molecule is COC(=O)c1cccc(NC(=O)CNCc2ccncc2)c1. The molecule has 2 N–H and O–H groups in total. The van der Waals surface area contributed by atoms with E-state index in [0.29, 0.717) is 17.8 Å². The fourth-order valence-electron chi connectivity index (χ4n) is 1.87. The van der Waals surface area contributed by atoms with Crippen LogP contribution in [-0.4, -0.2) is 30.5 Å². The van der Waals surface area contributed by atoms with Crippen molar-refractivity contribution in [3.63, 3.8) is 0 Å². The molecular formula is C16H17N3O3. The summed E-state index contributed by atoms with van der Waals surface area (Å²) in [5.41, 5.74) is 2.00. The van der Waals surface area contributed by atoms with E-state index in [1.165, 1.54) is 7.11 Å². The Balaban J connectivity index is 1.83. The summed E-state index contributed by atoms with van der Waals surface area (Å²) in [5, 5.41) is 5.76. The van der Waals surface area contributed by atoms with E-state index < -0.39 is 5.97 Å². The molecule has 1 heterocycles. The zero-order chi connectivity index (χ0) is 15.8. The van der Waals surface area contributed by atoms with Gasteiger partial charge in [-0.05, 0) is 35.9 Å². The number of nitrogens with one attached hydrogen (secondary N) is 2. The third-order valence-corrected chi connectivity index (χ3v) is 2.93. The van der Waals surface area contributed by atoms with Gasteiger partial charge in [-0.3, -0.25) is 9.78 Å². The van der Waals surface area contributed by atoms with E-state index in [2.05, 4.69) is 20.4 Å². The van der Waals surface area contributed by atoms with Gasteiger partial charge in [-0.1, -0.05) is 6.07 Å². The summed E-state index contributed by atoms with van der Waals surface area (Å²) in [4.78, 5) is 27.2. The second kappa shape index (κ2) is 7.90. The Kier molecular flexibility index (Phi) is 5.62. The van der Waals surface area contributed by atoms with Crippen molar-refractivity contribution >= 4 is 17.6 Å². The summed E-state index contributed by atoms with van der Waals surface area (Å²) in [6.45, 7) is 0.753. The molecule has 22 heavy (non-hydrogen) atoms. The van der Waals surface area contributed by atoms with Crippen LogP contribution in [-0.2, 0) is 16.1 Å². The number of amides is 1. The minimum absolute atomic E-state index is 0.171. The number of ether oxygens (including phenoxy) is 1. The molecule has 2 rings (SSSR count). The Hall–Kier alpha value is -2.73. The Bertz CT molecular complexity index is 644. The molecule has 2 aromatic rings. The molecule has 1 aromatic heterocycles. The largest absolute Gasteiger partial charge is 0.465 e. The van der Waals surface area contributed by atoms with Crippen LogP contribution in [0.15, 0.2) is 48.8 Å². The summed E-state index contributed by atoms with van der Waals surface area (Å²) in [5.74, 6) is -0.622. The van der Waals surface area contributed by atoms with Gasteiger partial charge in [0.25, 0.3) is 0 Å². The molecule has 0 aliphatic heterocycles. The third-order valence-electron chi connectivity index (χ3n) is 2.93. The number of esters is 1. The number of benzene rings is 1. The van der Waals surface area contributed by atoms with Crippen molar-refractivity contribution in [1.82, 2.24) is 10.3 Å². The lowest BCUT2D eigenvalue weighted by Gasteiger charge is -2.08. The summed E-state index contributed by atoms with van der Waals surface area (Å²) in [6, 6.07) is 10.4. The number of methoxy groups -OCH3 is 1. The summed E-state index contributed by atoms with van der Waals surface area (Å²) in [7, 11) is 1.32. The van der Waals surface area contributed by atoms with Crippen LogP contribution in [0.1, 0.15) is 15.9 Å². The van der Waals surface area contributed by atoms with Gasteiger partial charge < -0.3 is 15.4 Å². The zero-order valence-corrected chi connectivity index (χ0v) is 12.2. The van der Waals surface area contributed by atoms with Crippen molar-refractivity contribution in [2.75, 3.05) is 19.0 Å². The Labute approximate surface area is 128 Å². The number of hydrogen-bond acceptors (Lipinski definition) is 5. The number of carbonyl (C=O) groups is 2. The van der Waals surface area contributed by atoms with Crippen molar-refractivity contribution in [3.8, 4) is 0 Å². The van der Waals surface area contributed by atoms with Gasteiger partial charge in [-0.15, -0.1) is 0 Å². The topological polar surface area (TPSA) is 80.3 Å².